The number of methoxy groups -OCH3 is 1. The SMILES string of the molecule is CC#Cc1nn(Cc2ccc(C(F)(F)F)cc2)c2c(C(=O)OC)cccc12. The van der Waals surface area contributed by atoms with Gasteiger partial charge in [0.15, 0.2) is 0 Å². The number of aromatic nitrogens is 2. The number of hydrogen-bond acceptors (Lipinski definition) is 3. The highest BCUT2D eigenvalue weighted by Gasteiger charge is 2.30. The van der Waals surface area contributed by atoms with E-state index in [1.54, 1.807) is 29.8 Å². The highest BCUT2D eigenvalue weighted by Crippen LogP contribution is 2.29. The zero-order valence-electron chi connectivity index (χ0n) is 14.6. The van der Waals surface area contributed by atoms with Crippen LogP contribution in [-0.4, -0.2) is 22.9 Å². The van der Waals surface area contributed by atoms with Gasteiger partial charge in [-0.1, -0.05) is 24.1 Å². The summed E-state index contributed by atoms with van der Waals surface area (Å²) in [5.41, 5.74) is 1.23. The molecule has 0 unspecified atom stereocenters. The quantitative estimate of drug-likeness (QED) is 0.510. The van der Waals surface area contributed by atoms with Crippen molar-refractivity contribution in [3.05, 3.63) is 64.8 Å². The molecule has 0 amide bonds. The molecule has 27 heavy (non-hydrogen) atoms. The second kappa shape index (κ2) is 7.16. The fourth-order valence-electron chi connectivity index (χ4n) is 2.81. The topological polar surface area (TPSA) is 44.1 Å². The minimum atomic E-state index is -4.39. The molecule has 0 fully saturated rings. The van der Waals surface area contributed by atoms with Gasteiger partial charge < -0.3 is 4.74 Å². The van der Waals surface area contributed by atoms with E-state index in [4.69, 9.17) is 4.74 Å². The van der Waals surface area contributed by atoms with Crippen LogP contribution in [0.25, 0.3) is 10.9 Å². The van der Waals surface area contributed by atoms with E-state index < -0.39 is 17.7 Å². The van der Waals surface area contributed by atoms with Crippen LogP contribution >= 0.6 is 0 Å². The first-order valence-corrected chi connectivity index (χ1v) is 8.02. The number of rotatable bonds is 3. The third kappa shape index (κ3) is 3.65. The van der Waals surface area contributed by atoms with Crippen molar-refractivity contribution in [2.75, 3.05) is 7.11 Å². The van der Waals surface area contributed by atoms with E-state index >= 15 is 0 Å². The summed E-state index contributed by atoms with van der Waals surface area (Å²) in [5, 5.41) is 5.12. The Bertz CT molecular complexity index is 1050. The van der Waals surface area contributed by atoms with Crippen molar-refractivity contribution in [1.82, 2.24) is 9.78 Å². The van der Waals surface area contributed by atoms with Gasteiger partial charge in [-0.15, -0.1) is 0 Å². The van der Waals surface area contributed by atoms with E-state index in [1.165, 1.54) is 19.2 Å². The Labute approximate surface area is 153 Å². The molecule has 3 aromatic rings. The van der Waals surface area contributed by atoms with E-state index in [9.17, 15) is 18.0 Å². The number of nitrogens with zero attached hydrogens (tertiary/aromatic N) is 2. The molecule has 3 rings (SSSR count). The molecule has 0 bridgehead atoms. The molecule has 0 saturated carbocycles. The summed E-state index contributed by atoms with van der Waals surface area (Å²) in [6.45, 7) is 1.86. The number of carbonyl (C=O) groups excluding carboxylic acids is 1. The highest BCUT2D eigenvalue weighted by atomic mass is 19.4. The summed E-state index contributed by atoms with van der Waals surface area (Å²) in [7, 11) is 1.28. The number of para-hydroxylation sites is 1. The number of benzene rings is 2. The lowest BCUT2D eigenvalue weighted by Gasteiger charge is -2.09. The zero-order chi connectivity index (χ0) is 19.6. The summed E-state index contributed by atoms with van der Waals surface area (Å²) in [6.07, 6.45) is -4.39. The summed E-state index contributed by atoms with van der Waals surface area (Å²) >= 11 is 0. The van der Waals surface area contributed by atoms with Crippen molar-refractivity contribution in [2.24, 2.45) is 0 Å². The monoisotopic (exact) mass is 372 g/mol. The van der Waals surface area contributed by atoms with Crippen LogP contribution < -0.4 is 0 Å². The van der Waals surface area contributed by atoms with Gasteiger partial charge in [0, 0.05) is 5.39 Å². The molecule has 0 aliphatic rings. The van der Waals surface area contributed by atoms with Crippen LogP contribution in [0.3, 0.4) is 0 Å². The van der Waals surface area contributed by atoms with Gasteiger partial charge in [0.05, 0.1) is 30.3 Å². The van der Waals surface area contributed by atoms with Crippen molar-refractivity contribution in [3.8, 4) is 11.8 Å². The van der Waals surface area contributed by atoms with Crippen LogP contribution in [0, 0.1) is 11.8 Å². The van der Waals surface area contributed by atoms with Crippen molar-refractivity contribution in [1.29, 1.82) is 0 Å². The fraction of sp³-hybridized carbons (Fsp3) is 0.200. The number of esters is 1. The van der Waals surface area contributed by atoms with Crippen molar-refractivity contribution < 1.29 is 22.7 Å². The summed E-state index contributed by atoms with van der Waals surface area (Å²) in [5.74, 6) is 5.14. The van der Waals surface area contributed by atoms with Gasteiger partial charge in [-0.3, -0.25) is 4.68 Å². The molecule has 2 aromatic carbocycles. The van der Waals surface area contributed by atoms with E-state index in [-0.39, 0.29) is 6.54 Å². The first-order valence-electron chi connectivity index (χ1n) is 8.02. The highest BCUT2D eigenvalue weighted by molar-refractivity contribution is 6.04. The molecule has 0 N–H and O–H groups in total. The first-order chi connectivity index (χ1) is 12.8. The maximum atomic E-state index is 12.7. The van der Waals surface area contributed by atoms with Crippen LogP contribution in [0.2, 0.25) is 0 Å². The standard InChI is InChI=1S/C20H15F3N2O2/c1-3-5-17-15-6-4-7-16(19(26)27-2)18(15)25(24-17)12-13-8-10-14(11-9-13)20(21,22)23/h4,6-11H,12H2,1-2H3. The van der Waals surface area contributed by atoms with Gasteiger partial charge in [0.2, 0.25) is 0 Å². The molecular weight excluding hydrogens is 357 g/mol. The van der Waals surface area contributed by atoms with Crippen LogP contribution in [0.1, 0.15) is 34.1 Å². The second-order valence-electron chi connectivity index (χ2n) is 5.77. The molecule has 0 aliphatic heterocycles. The lowest BCUT2D eigenvalue weighted by molar-refractivity contribution is -0.137. The van der Waals surface area contributed by atoms with Gasteiger partial charge in [0.1, 0.15) is 5.69 Å². The van der Waals surface area contributed by atoms with Crippen molar-refractivity contribution in [2.45, 2.75) is 19.6 Å². The average molecular weight is 372 g/mol. The van der Waals surface area contributed by atoms with Gasteiger partial charge in [-0.25, -0.2) is 4.79 Å². The molecule has 138 valence electrons. The summed E-state index contributed by atoms with van der Waals surface area (Å²) < 4.78 is 44.6. The van der Waals surface area contributed by atoms with E-state index in [0.717, 1.165) is 12.1 Å². The minimum Gasteiger partial charge on any atom is -0.465 e. The lowest BCUT2D eigenvalue weighted by Crippen LogP contribution is -2.09. The van der Waals surface area contributed by atoms with Crippen LogP contribution in [-0.2, 0) is 17.5 Å². The zero-order valence-corrected chi connectivity index (χ0v) is 14.6. The largest absolute Gasteiger partial charge is 0.465 e. The lowest BCUT2D eigenvalue weighted by atomic mass is 10.1. The summed E-state index contributed by atoms with van der Waals surface area (Å²) in [6, 6.07) is 9.94. The van der Waals surface area contributed by atoms with Crippen molar-refractivity contribution >= 4 is 16.9 Å². The van der Waals surface area contributed by atoms with Gasteiger partial charge >= 0.3 is 12.1 Å². The molecule has 7 heteroatoms. The predicted molar refractivity (Wildman–Crippen MR) is 94.2 cm³/mol. The Hall–Kier alpha value is -3.27. The maximum Gasteiger partial charge on any atom is 0.416 e. The van der Waals surface area contributed by atoms with Gasteiger partial charge in [-0.2, -0.15) is 18.3 Å². The number of fused-ring (bicyclic) bond motifs is 1. The average Bonchev–Trinajstić information content (AvgIpc) is 2.99. The molecule has 0 aliphatic carbocycles. The molecule has 0 radical (unpaired) electrons. The number of hydrogen-bond donors (Lipinski definition) is 0. The number of carbonyl (C=O) groups is 1. The van der Waals surface area contributed by atoms with Crippen LogP contribution in [0.4, 0.5) is 13.2 Å². The van der Waals surface area contributed by atoms with E-state index in [2.05, 4.69) is 16.9 Å². The Balaban J connectivity index is 2.10. The normalized spacial score (nSPS) is 11.1. The Morgan fingerprint density at radius 1 is 1.19 bits per heavy atom. The molecule has 4 nitrogen and oxygen atoms in total. The minimum absolute atomic E-state index is 0.189. The predicted octanol–water partition coefficient (Wildman–Crippen LogP) is 4.26. The van der Waals surface area contributed by atoms with Gasteiger partial charge in [0.25, 0.3) is 0 Å². The van der Waals surface area contributed by atoms with E-state index in [0.29, 0.717) is 27.7 Å². The number of alkyl halides is 3. The third-order valence-electron chi connectivity index (χ3n) is 4.03. The smallest absolute Gasteiger partial charge is 0.416 e. The third-order valence-corrected chi connectivity index (χ3v) is 4.03. The first kappa shape index (κ1) is 18.5. The molecule has 0 spiro atoms. The molecule has 0 saturated heterocycles. The molecule has 1 aromatic heterocycles. The molecule has 0 atom stereocenters. The molecule has 1 heterocycles. The Kier molecular flexibility index (Phi) is 4.91. The van der Waals surface area contributed by atoms with Crippen LogP contribution in [0.15, 0.2) is 42.5 Å². The van der Waals surface area contributed by atoms with Gasteiger partial charge in [-0.05, 0) is 42.7 Å². The summed E-state index contributed by atoms with van der Waals surface area (Å²) in [4.78, 5) is 12.1. The number of ether oxygens (including phenoxy) is 1. The van der Waals surface area contributed by atoms with Crippen LogP contribution in [0.5, 0.6) is 0 Å². The van der Waals surface area contributed by atoms with Crippen molar-refractivity contribution in [3.63, 3.8) is 0 Å². The Morgan fingerprint density at radius 3 is 2.48 bits per heavy atom. The molecular formula is C20H15F3N2O2. The maximum absolute atomic E-state index is 12.7. The second-order valence-corrected chi connectivity index (χ2v) is 5.77. The fourth-order valence-corrected chi connectivity index (χ4v) is 2.81. The Morgan fingerprint density at radius 2 is 1.89 bits per heavy atom. The van der Waals surface area contributed by atoms with E-state index in [1.807, 2.05) is 0 Å². The number of halogens is 3.